The third-order valence-corrected chi connectivity index (χ3v) is 3.32. The Morgan fingerprint density at radius 2 is 1.75 bits per heavy atom. The van der Waals surface area contributed by atoms with E-state index in [1.54, 1.807) is 55.6 Å². The highest BCUT2D eigenvalue weighted by Crippen LogP contribution is 2.10. The summed E-state index contributed by atoms with van der Waals surface area (Å²) in [6.07, 6.45) is 1.43. The Hall–Kier alpha value is -2.86. The maximum atomic E-state index is 11.7. The van der Waals surface area contributed by atoms with E-state index in [1.165, 1.54) is 6.21 Å². The Morgan fingerprint density at radius 1 is 1.08 bits per heavy atom. The highest BCUT2D eigenvalue weighted by molar-refractivity contribution is 6.35. The molecule has 0 saturated heterocycles. The molecule has 0 bridgehead atoms. The minimum absolute atomic E-state index is 0.228. The number of hydrogen-bond acceptors (Lipinski definition) is 4. The van der Waals surface area contributed by atoms with Crippen molar-refractivity contribution < 1.29 is 14.3 Å². The summed E-state index contributed by atoms with van der Waals surface area (Å²) >= 11 is 5.78. The van der Waals surface area contributed by atoms with Crippen molar-refractivity contribution >= 4 is 29.6 Å². The first-order chi connectivity index (χ1) is 11.6. The molecule has 0 aliphatic carbocycles. The smallest absolute Gasteiger partial charge is 0.329 e. The fourth-order valence-corrected chi connectivity index (χ4v) is 1.90. The number of hydrazone groups is 1. The van der Waals surface area contributed by atoms with Gasteiger partial charge in [-0.3, -0.25) is 9.59 Å². The number of benzene rings is 2. The molecule has 2 amide bonds. The lowest BCUT2D eigenvalue weighted by Crippen LogP contribution is -2.37. The Balaban J connectivity index is 1.79. The predicted octanol–water partition coefficient (Wildman–Crippen LogP) is 2.12. The second kappa shape index (κ2) is 8.69. The van der Waals surface area contributed by atoms with E-state index < -0.39 is 11.8 Å². The van der Waals surface area contributed by atoms with Crippen LogP contribution in [0.3, 0.4) is 0 Å². The maximum absolute atomic E-state index is 11.7. The number of amides is 2. The number of rotatable bonds is 5. The lowest BCUT2D eigenvalue weighted by molar-refractivity contribution is -0.139. The summed E-state index contributed by atoms with van der Waals surface area (Å²) in [5, 5.41) is 6.85. The van der Waals surface area contributed by atoms with Crippen molar-refractivity contribution in [2.24, 2.45) is 5.10 Å². The van der Waals surface area contributed by atoms with E-state index in [4.69, 9.17) is 16.3 Å². The molecule has 0 radical (unpaired) electrons. The van der Waals surface area contributed by atoms with Gasteiger partial charge in [0, 0.05) is 11.6 Å². The first-order valence-corrected chi connectivity index (χ1v) is 7.46. The van der Waals surface area contributed by atoms with Crippen LogP contribution in [0.2, 0.25) is 5.02 Å². The molecule has 2 N–H and O–H groups in total. The van der Waals surface area contributed by atoms with Gasteiger partial charge in [0.1, 0.15) is 5.75 Å². The zero-order valence-electron chi connectivity index (χ0n) is 13.0. The maximum Gasteiger partial charge on any atom is 0.329 e. The fraction of sp³-hybridized carbons (Fsp3) is 0.118. The molecule has 24 heavy (non-hydrogen) atoms. The minimum atomic E-state index is -0.839. The summed E-state index contributed by atoms with van der Waals surface area (Å²) in [5.74, 6) is -0.886. The van der Waals surface area contributed by atoms with Crippen LogP contribution in [0.15, 0.2) is 53.6 Å². The molecule has 0 spiro atoms. The van der Waals surface area contributed by atoms with E-state index in [0.717, 1.165) is 16.9 Å². The van der Waals surface area contributed by atoms with Gasteiger partial charge in [0.05, 0.1) is 13.3 Å². The van der Waals surface area contributed by atoms with Crippen molar-refractivity contribution in [3.8, 4) is 5.75 Å². The molecular weight excluding hydrogens is 330 g/mol. The molecule has 7 heteroatoms. The molecule has 0 aliphatic heterocycles. The van der Waals surface area contributed by atoms with Gasteiger partial charge < -0.3 is 10.1 Å². The van der Waals surface area contributed by atoms with Gasteiger partial charge in [0.15, 0.2) is 0 Å². The van der Waals surface area contributed by atoms with Gasteiger partial charge in [-0.1, -0.05) is 23.7 Å². The summed E-state index contributed by atoms with van der Waals surface area (Å²) in [4.78, 5) is 23.3. The molecule has 0 aliphatic rings. The largest absolute Gasteiger partial charge is 0.497 e. The van der Waals surface area contributed by atoms with Crippen LogP contribution in [0.25, 0.3) is 0 Å². The van der Waals surface area contributed by atoms with Crippen LogP contribution < -0.4 is 15.5 Å². The van der Waals surface area contributed by atoms with Crippen LogP contribution >= 0.6 is 11.6 Å². The molecule has 0 fully saturated rings. The van der Waals surface area contributed by atoms with Gasteiger partial charge in [-0.2, -0.15) is 5.10 Å². The van der Waals surface area contributed by atoms with Crippen LogP contribution in [0.5, 0.6) is 5.75 Å². The standard InChI is InChI=1S/C17H16ClN3O3/c1-24-15-8-4-13(5-9-15)11-20-21-17(23)16(22)19-10-12-2-6-14(18)7-3-12/h2-9,11H,10H2,1H3,(H,19,22)(H,21,23)/b20-11+. The van der Waals surface area contributed by atoms with Crippen LogP contribution in [-0.4, -0.2) is 25.1 Å². The molecule has 0 heterocycles. The van der Waals surface area contributed by atoms with Gasteiger partial charge in [-0.05, 0) is 47.5 Å². The molecule has 0 saturated carbocycles. The summed E-state index contributed by atoms with van der Waals surface area (Å²) in [5.41, 5.74) is 3.77. The third-order valence-electron chi connectivity index (χ3n) is 3.07. The first kappa shape index (κ1) is 17.5. The van der Waals surface area contributed by atoms with Gasteiger partial charge >= 0.3 is 11.8 Å². The van der Waals surface area contributed by atoms with E-state index >= 15 is 0 Å². The highest BCUT2D eigenvalue weighted by atomic mass is 35.5. The third kappa shape index (κ3) is 5.40. The number of nitrogens with one attached hydrogen (secondary N) is 2. The molecule has 0 atom stereocenters. The van der Waals surface area contributed by atoms with Crippen LogP contribution in [-0.2, 0) is 16.1 Å². The van der Waals surface area contributed by atoms with Crippen molar-refractivity contribution in [3.63, 3.8) is 0 Å². The predicted molar refractivity (Wildman–Crippen MR) is 92.0 cm³/mol. The molecule has 2 rings (SSSR count). The number of hydrogen-bond donors (Lipinski definition) is 2. The van der Waals surface area contributed by atoms with Crippen molar-refractivity contribution in [1.29, 1.82) is 0 Å². The number of methoxy groups -OCH3 is 1. The molecule has 2 aromatic rings. The number of carbonyl (C=O) groups is 2. The van der Waals surface area contributed by atoms with E-state index in [9.17, 15) is 9.59 Å². The Kier molecular flexibility index (Phi) is 6.33. The zero-order chi connectivity index (χ0) is 17.4. The Morgan fingerprint density at radius 3 is 2.38 bits per heavy atom. The lowest BCUT2D eigenvalue weighted by Gasteiger charge is -2.04. The molecule has 0 unspecified atom stereocenters. The van der Waals surface area contributed by atoms with Crippen LogP contribution in [0, 0.1) is 0 Å². The number of halogens is 1. The van der Waals surface area contributed by atoms with E-state index in [2.05, 4.69) is 15.8 Å². The monoisotopic (exact) mass is 345 g/mol. The van der Waals surface area contributed by atoms with Crippen molar-refractivity contribution in [3.05, 3.63) is 64.7 Å². The Bertz CT molecular complexity index is 728. The summed E-state index contributed by atoms with van der Waals surface area (Å²) in [7, 11) is 1.58. The summed E-state index contributed by atoms with van der Waals surface area (Å²) in [6, 6.07) is 14.0. The van der Waals surface area contributed by atoms with Crippen molar-refractivity contribution in [2.75, 3.05) is 7.11 Å². The van der Waals surface area contributed by atoms with E-state index in [-0.39, 0.29) is 6.54 Å². The van der Waals surface area contributed by atoms with Gasteiger partial charge in [-0.15, -0.1) is 0 Å². The molecule has 124 valence electrons. The van der Waals surface area contributed by atoms with E-state index in [1.807, 2.05) is 0 Å². The van der Waals surface area contributed by atoms with Gasteiger partial charge in [0.2, 0.25) is 0 Å². The summed E-state index contributed by atoms with van der Waals surface area (Å²) in [6.45, 7) is 0.228. The normalized spacial score (nSPS) is 10.4. The minimum Gasteiger partial charge on any atom is -0.497 e. The fourth-order valence-electron chi connectivity index (χ4n) is 1.77. The molecule has 0 aromatic heterocycles. The van der Waals surface area contributed by atoms with Crippen LogP contribution in [0.1, 0.15) is 11.1 Å². The second-order valence-corrected chi connectivity index (χ2v) is 5.22. The SMILES string of the molecule is COc1ccc(/C=N/NC(=O)C(=O)NCc2ccc(Cl)cc2)cc1. The topological polar surface area (TPSA) is 79.8 Å². The number of carbonyl (C=O) groups excluding carboxylic acids is 2. The van der Waals surface area contributed by atoms with E-state index in [0.29, 0.717) is 5.02 Å². The average molecular weight is 346 g/mol. The quantitative estimate of drug-likeness (QED) is 0.495. The number of ether oxygens (including phenoxy) is 1. The molecular formula is C17H16ClN3O3. The molecule has 6 nitrogen and oxygen atoms in total. The van der Waals surface area contributed by atoms with Gasteiger partial charge in [0.25, 0.3) is 0 Å². The lowest BCUT2D eigenvalue weighted by atomic mass is 10.2. The van der Waals surface area contributed by atoms with Crippen molar-refractivity contribution in [2.45, 2.75) is 6.54 Å². The number of nitrogens with zero attached hydrogens (tertiary/aromatic N) is 1. The van der Waals surface area contributed by atoms with Gasteiger partial charge in [-0.25, -0.2) is 5.43 Å². The first-order valence-electron chi connectivity index (χ1n) is 7.08. The Labute approximate surface area is 144 Å². The van der Waals surface area contributed by atoms with Crippen LogP contribution in [0.4, 0.5) is 0 Å². The van der Waals surface area contributed by atoms with Crippen molar-refractivity contribution in [1.82, 2.24) is 10.7 Å². The second-order valence-electron chi connectivity index (χ2n) is 4.78. The average Bonchev–Trinajstić information content (AvgIpc) is 2.61. The highest BCUT2D eigenvalue weighted by Gasteiger charge is 2.11. The summed E-state index contributed by atoms with van der Waals surface area (Å²) < 4.78 is 5.04. The zero-order valence-corrected chi connectivity index (χ0v) is 13.7. The molecule has 2 aromatic carbocycles.